The third-order valence-electron chi connectivity index (χ3n) is 4.59. The number of carbonyl (C=O) groups excluding carboxylic acids is 1. The summed E-state index contributed by atoms with van der Waals surface area (Å²) in [5.41, 5.74) is 1.05. The molecule has 1 aliphatic heterocycles. The molecule has 0 aliphatic carbocycles. The first-order valence-corrected chi connectivity index (χ1v) is 10.8. The Morgan fingerprint density at radius 2 is 1.65 bits per heavy atom. The quantitative estimate of drug-likeness (QED) is 0.782. The second-order valence-electron chi connectivity index (χ2n) is 6.34. The number of rotatable bonds is 5. The molecule has 1 amide bonds. The van der Waals surface area contributed by atoms with Gasteiger partial charge in [0.25, 0.3) is 0 Å². The molecule has 1 heterocycles. The second kappa shape index (κ2) is 8.33. The molecule has 1 saturated heterocycles. The maximum atomic E-state index is 12.7. The number of sulfonamides is 1. The molecule has 2 aromatic carbocycles. The van der Waals surface area contributed by atoms with E-state index < -0.39 is 10.0 Å². The first kappa shape index (κ1) is 19.1. The van der Waals surface area contributed by atoms with Crippen LogP contribution in [0.2, 0.25) is 0 Å². The fraction of sp³-hybridized carbons (Fsp3) is 0.316. The van der Waals surface area contributed by atoms with Crippen molar-refractivity contribution in [2.75, 3.05) is 13.1 Å². The minimum Gasteiger partial charge on any atom is -0.352 e. The highest BCUT2D eigenvalue weighted by molar-refractivity contribution is 9.10. The average Bonchev–Trinajstić information content (AvgIpc) is 2.67. The Kier molecular flexibility index (Phi) is 6.11. The van der Waals surface area contributed by atoms with Gasteiger partial charge in [0, 0.05) is 30.0 Å². The molecule has 2 aromatic rings. The lowest BCUT2D eigenvalue weighted by atomic mass is 9.97. The van der Waals surface area contributed by atoms with E-state index in [1.54, 1.807) is 24.3 Å². The maximum absolute atomic E-state index is 12.7. The fourth-order valence-electron chi connectivity index (χ4n) is 3.04. The standard InChI is InChI=1S/C19H21BrN2O3S/c20-17-6-8-18(9-7-17)26(24,25)22-12-10-16(11-13-22)19(23)21-14-15-4-2-1-3-5-15/h1-9,16H,10-14H2,(H,21,23). The van der Waals surface area contributed by atoms with Crippen molar-refractivity contribution < 1.29 is 13.2 Å². The molecule has 7 heteroatoms. The van der Waals surface area contributed by atoms with Crippen LogP contribution in [0.15, 0.2) is 64.0 Å². The molecule has 3 rings (SSSR count). The van der Waals surface area contributed by atoms with Crippen molar-refractivity contribution in [3.05, 3.63) is 64.6 Å². The predicted octanol–water partition coefficient (Wildman–Crippen LogP) is 3.17. The molecular formula is C19H21BrN2O3S. The van der Waals surface area contributed by atoms with Crippen LogP contribution in [0, 0.1) is 5.92 Å². The van der Waals surface area contributed by atoms with Crippen LogP contribution in [0.1, 0.15) is 18.4 Å². The molecule has 26 heavy (non-hydrogen) atoms. The number of piperidine rings is 1. The van der Waals surface area contributed by atoms with Crippen LogP contribution in [-0.4, -0.2) is 31.7 Å². The van der Waals surface area contributed by atoms with Gasteiger partial charge in [-0.3, -0.25) is 4.79 Å². The van der Waals surface area contributed by atoms with E-state index in [2.05, 4.69) is 21.2 Å². The first-order valence-electron chi connectivity index (χ1n) is 8.54. The third-order valence-corrected chi connectivity index (χ3v) is 7.03. The largest absolute Gasteiger partial charge is 0.352 e. The van der Waals surface area contributed by atoms with Gasteiger partial charge in [0.2, 0.25) is 15.9 Å². The van der Waals surface area contributed by atoms with E-state index >= 15 is 0 Å². The Balaban J connectivity index is 1.55. The molecule has 1 aliphatic rings. The van der Waals surface area contributed by atoms with E-state index in [1.807, 2.05) is 30.3 Å². The normalized spacial score (nSPS) is 16.3. The number of hydrogen-bond donors (Lipinski definition) is 1. The Labute approximate surface area is 162 Å². The zero-order chi connectivity index (χ0) is 18.6. The van der Waals surface area contributed by atoms with Crippen LogP contribution in [-0.2, 0) is 21.4 Å². The van der Waals surface area contributed by atoms with E-state index in [-0.39, 0.29) is 16.7 Å². The summed E-state index contributed by atoms with van der Waals surface area (Å²) in [6.07, 6.45) is 1.08. The highest BCUT2D eigenvalue weighted by atomic mass is 79.9. The van der Waals surface area contributed by atoms with Crippen molar-refractivity contribution in [2.24, 2.45) is 5.92 Å². The molecule has 1 fully saturated rings. The Morgan fingerprint density at radius 3 is 2.27 bits per heavy atom. The first-order chi connectivity index (χ1) is 12.5. The van der Waals surface area contributed by atoms with E-state index in [1.165, 1.54) is 4.31 Å². The summed E-state index contributed by atoms with van der Waals surface area (Å²) in [5, 5.41) is 2.95. The van der Waals surface area contributed by atoms with Gasteiger partial charge in [-0.2, -0.15) is 4.31 Å². The van der Waals surface area contributed by atoms with Crippen LogP contribution in [0.5, 0.6) is 0 Å². The van der Waals surface area contributed by atoms with Gasteiger partial charge in [0.15, 0.2) is 0 Å². The molecular weight excluding hydrogens is 416 g/mol. The van der Waals surface area contributed by atoms with Gasteiger partial charge < -0.3 is 5.32 Å². The van der Waals surface area contributed by atoms with Crippen molar-refractivity contribution in [3.8, 4) is 0 Å². The van der Waals surface area contributed by atoms with Crippen molar-refractivity contribution in [3.63, 3.8) is 0 Å². The van der Waals surface area contributed by atoms with Crippen LogP contribution in [0.4, 0.5) is 0 Å². The fourth-order valence-corrected chi connectivity index (χ4v) is 4.78. The van der Waals surface area contributed by atoms with Crippen LogP contribution < -0.4 is 5.32 Å². The topological polar surface area (TPSA) is 66.5 Å². The van der Waals surface area contributed by atoms with Gasteiger partial charge in [-0.25, -0.2) is 8.42 Å². The zero-order valence-corrected chi connectivity index (χ0v) is 16.7. The number of hydrogen-bond acceptors (Lipinski definition) is 3. The molecule has 0 atom stereocenters. The van der Waals surface area contributed by atoms with Gasteiger partial charge >= 0.3 is 0 Å². The average molecular weight is 437 g/mol. The lowest BCUT2D eigenvalue weighted by Crippen LogP contribution is -2.42. The molecule has 0 radical (unpaired) electrons. The number of nitrogens with zero attached hydrogens (tertiary/aromatic N) is 1. The highest BCUT2D eigenvalue weighted by Crippen LogP contribution is 2.25. The van der Waals surface area contributed by atoms with Crippen molar-refractivity contribution in [1.82, 2.24) is 9.62 Å². The smallest absolute Gasteiger partial charge is 0.243 e. The van der Waals surface area contributed by atoms with Crippen LogP contribution in [0.25, 0.3) is 0 Å². The monoisotopic (exact) mass is 436 g/mol. The van der Waals surface area contributed by atoms with Crippen molar-refractivity contribution in [1.29, 1.82) is 0 Å². The second-order valence-corrected chi connectivity index (χ2v) is 9.19. The number of nitrogens with one attached hydrogen (secondary N) is 1. The van der Waals surface area contributed by atoms with Gasteiger partial charge in [0.05, 0.1) is 4.90 Å². The minimum absolute atomic E-state index is 0.00505. The molecule has 0 bridgehead atoms. The molecule has 0 spiro atoms. The van der Waals surface area contributed by atoms with E-state index in [9.17, 15) is 13.2 Å². The van der Waals surface area contributed by atoms with Gasteiger partial charge in [-0.1, -0.05) is 46.3 Å². The number of amides is 1. The van der Waals surface area contributed by atoms with E-state index in [0.29, 0.717) is 32.5 Å². The summed E-state index contributed by atoms with van der Waals surface area (Å²) in [5.74, 6) is -0.148. The summed E-state index contributed by atoms with van der Waals surface area (Å²) in [6, 6.07) is 16.4. The summed E-state index contributed by atoms with van der Waals surface area (Å²) < 4.78 is 27.7. The third kappa shape index (κ3) is 4.52. The van der Waals surface area contributed by atoms with E-state index in [0.717, 1.165) is 10.0 Å². The molecule has 138 valence electrons. The molecule has 0 aromatic heterocycles. The Hall–Kier alpha value is -1.70. The van der Waals surface area contributed by atoms with Gasteiger partial charge in [0.1, 0.15) is 0 Å². The van der Waals surface area contributed by atoms with Crippen molar-refractivity contribution >= 4 is 31.9 Å². The zero-order valence-electron chi connectivity index (χ0n) is 14.3. The summed E-state index contributed by atoms with van der Waals surface area (Å²) in [4.78, 5) is 12.6. The molecule has 5 nitrogen and oxygen atoms in total. The number of halogens is 1. The molecule has 0 saturated carbocycles. The van der Waals surface area contributed by atoms with Crippen molar-refractivity contribution in [2.45, 2.75) is 24.3 Å². The van der Waals surface area contributed by atoms with Crippen LogP contribution in [0.3, 0.4) is 0 Å². The van der Waals surface area contributed by atoms with Crippen LogP contribution >= 0.6 is 15.9 Å². The Bertz CT molecular complexity index is 846. The molecule has 0 unspecified atom stereocenters. The van der Waals surface area contributed by atoms with Gasteiger partial charge in [-0.15, -0.1) is 0 Å². The predicted molar refractivity (Wildman–Crippen MR) is 104 cm³/mol. The summed E-state index contributed by atoms with van der Waals surface area (Å²) in [7, 11) is -3.50. The lowest BCUT2D eigenvalue weighted by Gasteiger charge is -2.30. The van der Waals surface area contributed by atoms with Gasteiger partial charge in [-0.05, 0) is 42.7 Å². The summed E-state index contributed by atoms with van der Waals surface area (Å²) in [6.45, 7) is 1.22. The SMILES string of the molecule is O=C(NCc1ccccc1)C1CCN(S(=O)(=O)c2ccc(Br)cc2)CC1. The lowest BCUT2D eigenvalue weighted by molar-refractivity contribution is -0.126. The minimum atomic E-state index is -3.50. The van der Waals surface area contributed by atoms with E-state index in [4.69, 9.17) is 0 Å². The maximum Gasteiger partial charge on any atom is 0.243 e. The highest BCUT2D eigenvalue weighted by Gasteiger charge is 2.31. The molecule has 1 N–H and O–H groups in total. The number of benzene rings is 2. The Morgan fingerprint density at radius 1 is 1.04 bits per heavy atom. The summed E-state index contributed by atoms with van der Waals surface area (Å²) >= 11 is 3.31. The number of carbonyl (C=O) groups is 1.